The summed E-state index contributed by atoms with van der Waals surface area (Å²) in [5.41, 5.74) is 7.27. The standard InChI is InChI=1S/C25H28F2N4O3/c1-25(28,24(26)27)21(23(33)30-34)29-22(32)20-12-10-18(11-13-20)5-4-17-6-8-19(9-7-17)16-31-14-2-3-15-31/h6-13,21,24,34H,2-3,14-16,28H2,1H3,(H,29,32)(H,30,33). The topological polar surface area (TPSA) is 108 Å². The highest BCUT2D eigenvalue weighted by atomic mass is 19.3. The number of hydroxylamine groups is 1. The number of carbonyl (C=O) groups excluding carboxylic acids is 2. The van der Waals surface area contributed by atoms with Gasteiger partial charge in [0.15, 0.2) is 0 Å². The average molecular weight is 471 g/mol. The summed E-state index contributed by atoms with van der Waals surface area (Å²) in [5, 5.41) is 11.0. The SMILES string of the molecule is CC(N)(C(F)F)C(NC(=O)c1ccc(C#Cc2ccc(CN3CCCC3)cc2)cc1)C(=O)NO. The molecule has 2 aromatic rings. The maximum atomic E-state index is 13.2. The molecule has 0 spiro atoms. The summed E-state index contributed by atoms with van der Waals surface area (Å²) in [6, 6.07) is 12.4. The van der Waals surface area contributed by atoms with Crippen molar-refractivity contribution in [3.8, 4) is 11.8 Å². The fraction of sp³-hybridized carbons (Fsp3) is 0.360. The Morgan fingerprint density at radius 2 is 1.59 bits per heavy atom. The van der Waals surface area contributed by atoms with Crippen LogP contribution in [0.4, 0.5) is 8.78 Å². The summed E-state index contributed by atoms with van der Waals surface area (Å²) in [6.07, 6.45) is -0.614. The van der Waals surface area contributed by atoms with Crippen molar-refractivity contribution in [2.45, 2.75) is 44.3 Å². The molecule has 3 rings (SSSR count). The minimum atomic E-state index is -3.12. The van der Waals surface area contributed by atoms with Crippen molar-refractivity contribution in [3.63, 3.8) is 0 Å². The van der Waals surface area contributed by atoms with E-state index in [4.69, 9.17) is 10.9 Å². The number of likely N-dealkylation sites (tertiary alicyclic amines) is 1. The average Bonchev–Trinajstić information content (AvgIpc) is 3.34. The van der Waals surface area contributed by atoms with E-state index in [1.54, 1.807) is 12.1 Å². The molecule has 2 amide bonds. The van der Waals surface area contributed by atoms with Crippen LogP contribution < -0.4 is 16.5 Å². The Labute approximate surface area is 197 Å². The normalized spacial score (nSPS) is 16.3. The number of hydrogen-bond donors (Lipinski definition) is 4. The first-order valence-electron chi connectivity index (χ1n) is 11.0. The van der Waals surface area contributed by atoms with E-state index in [0.717, 1.165) is 32.1 Å². The molecule has 2 atom stereocenters. The molecular formula is C25H28F2N4O3. The van der Waals surface area contributed by atoms with Crippen LogP contribution in [0.5, 0.6) is 0 Å². The van der Waals surface area contributed by atoms with E-state index in [0.29, 0.717) is 5.56 Å². The molecule has 5 N–H and O–H groups in total. The zero-order chi connectivity index (χ0) is 24.7. The lowest BCUT2D eigenvalue weighted by Crippen LogP contribution is -2.66. The highest BCUT2D eigenvalue weighted by molar-refractivity contribution is 5.98. The van der Waals surface area contributed by atoms with Gasteiger partial charge < -0.3 is 11.1 Å². The van der Waals surface area contributed by atoms with Gasteiger partial charge >= 0.3 is 0 Å². The molecule has 9 heteroatoms. The zero-order valence-corrected chi connectivity index (χ0v) is 18.9. The van der Waals surface area contributed by atoms with Crippen LogP contribution >= 0.6 is 0 Å². The molecule has 0 radical (unpaired) electrons. The maximum Gasteiger partial charge on any atom is 0.268 e. The van der Waals surface area contributed by atoms with Crippen LogP contribution in [0.25, 0.3) is 0 Å². The molecule has 7 nitrogen and oxygen atoms in total. The third-order valence-corrected chi connectivity index (χ3v) is 5.80. The van der Waals surface area contributed by atoms with Gasteiger partial charge in [-0.1, -0.05) is 24.0 Å². The van der Waals surface area contributed by atoms with Crippen LogP contribution in [-0.2, 0) is 11.3 Å². The van der Waals surface area contributed by atoms with E-state index >= 15 is 0 Å². The second-order valence-electron chi connectivity index (χ2n) is 8.56. The van der Waals surface area contributed by atoms with Gasteiger partial charge in [-0.3, -0.25) is 19.7 Å². The van der Waals surface area contributed by atoms with Gasteiger partial charge in [0.1, 0.15) is 11.6 Å². The van der Waals surface area contributed by atoms with Crippen LogP contribution in [-0.4, -0.2) is 53.0 Å². The molecule has 1 aliphatic heterocycles. The zero-order valence-electron chi connectivity index (χ0n) is 18.9. The van der Waals surface area contributed by atoms with Crippen LogP contribution in [0.2, 0.25) is 0 Å². The van der Waals surface area contributed by atoms with Crippen molar-refractivity contribution in [2.24, 2.45) is 5.73 Å². The molecule has 0 aliphatic carbocycles. The minimum absolute atomic E-state index is 0.123. The Hall–Kier alpha value is -3.32. The van der Waals surface area contributed by atoms with Gasteiger partial charge in [-0.2, -0.15) is 0 Å². The number of alkyl halides is 2. The molecule has 1 heterocycles. The first-order chi connectivity index (χ1) is 16.2. The number of amides is 2. The Morgan fingerprint density at radius 3 is 2.09 bits per heavy atom. The van der Waals surface area contributed by atoms with Gasteiger partial charge in [-0.25, -0.2) is 14.3 Å². The van der Waals surface area contributed by atoms with Crippen LogP contribution in [0.1, 0.15) is 46.8 Å². The van der Waals surface area contributed by atoms with E-state index in [1.165, 1.54) is 36.0 Å². The molecule has 1 saturated heterocycles. The molecule has 2 aromatic carbocycles. The van der Waals surface area contributed by atoms with Gasteiger partial charge in [0.25, 0.3) is 18.2 Å². The summed E-state index contributed by atoms with van der Waals surface area (Å²) in [4.78, 5) is 26.7. The van der Waals surface area contributed by atoms with Crippen LogP contribution in [0.15, 0.2) is 48.5 Å². The quantitative estimate of drug-likeness (QED) is 0.282. The smallest absolute Gasteiger partial charge is 0.268 e. The lowest BCUT2D eigenvalue weighted by Gasteiger charge is -2.32. The summed E-state index contributed by atoms with van der Waals surface area (Å²) < 4.78 is 26.5. The maximum absolute atomic E-state index is 13.2. The number of nitrogens with one attached hydrogen (secondary N) is 2. The van der Waals surface area contributed by atoms with Gasteiger partial charge in [0.05, 0.1) is 0 Å². The van der Waals surface area contributed by atoms with Gasteiger partial charge in [0.2, 0.25) is 0 Å². The predicted molar refractivity (Wildman–Crippen MR) is 123 cm³/mol. The fourth-order valence-electron chi connectivity index (χ4n) is 3.65. The Balaban J connectivity index is 1.64. The van der Waals surface area contributed by atoms with E-state index in [-0.39, 0.29) is 5.56 Å². The first kappa shape index (κ1) is 25.3. The van der Waals surface area contributed by atoms with Crippen LogP contribution in [0, 0.1) is 11.8 Å². The van der Waals surface area contributed by atoms with Crippen LogP contribution in [0.3, 0.4) is 0 Å². The Bertz CT molecular complexity index is 1050. The molecule has 0 saturated carbocycles. The monoisotopic (exact) mass is 470 g/mol. The number of carbonyl (C=O) groups is 2. The van der Waals surface area contributed by atoms with Crippen molar-refractivity contribution in [1.29, 1.82) is 0 Å². The molecule has 180 valence electrons. The number of benzene rings is 2. The van der Waals surface area contributed by atoms with Gasteiger partial charge in [0, 0.05) is 23.2 Å². The predicted octanol–water partition coefficient (Wildman–Crippen LogP) is 2.27. The summed E-state index contributed by atoms with van der Waals surface area (Å²) in [5.74, 6) is 4.06. The summed E-state index contributed by atoms with van der Waals surface area (Å²) >= 11 is 0. The van der Waals surface area contributed by atoms with Crippen molar-refractivity contribution >= 4 is 11.8 Å². The molecule has 2 unspecified atom stereocenters. The molecule has 0 aromatic heterocycles. The second kappa shape index (κ2) is 11.2. The van der Waals surface area contributed by atoms with Crippen molar-refractivity contribution in [2.75, 3.05) is 13.1 Å². The lowest BCUT2D eigenvalue weighted by molar-refractivity contribution is -0.134. The number of nitrogens with two attached hydrogens (primary N) is 1. The lowest BCUT2D eigenvalue weighted by atomic mass is 9.92. The Morgan fingerprint density at radius 1 is 1.06 bits per heavy atom. The largest absolute Gasteiger partial charge is 0.338 e. The summed E-state index contributed by atoms with van der Waals surface area (Å²) in [7, 11) is 0. The molecule has 34 heavy (non-hydrogen) atoms. The third kappa shape index (κ3) is 6.38. The van der Waals surface area contributed by atoms with E-state index in [9.17, 15) is 18.4 Å². The third-order valence-electron chi connectivity index (χ3n) is 5.80. The van der Waals surface area contributed by atoms with Gasteiger partial charge in [-0.05, 0) is 74.8 Å². The number of halogens is 2. The van der Waals surface area contributed by atoms with Crippen molar-refractivity contribution in [1.82, 2.24) is 15.7 Å². The number of rotatable bonds is 7. The highest BCUT2D eigenvalue weighted by Gasteiger charge is 2.44. The van der Waals surface area contributed by atoms with Crippen molar-refractivity contribution < 1.29 is 23.6 Å². The highest BCUT2D eigenvalue weighted by Crippen LogP contribution is 2.18. The molecule has 1 aliphatic rings. The number of nitrogens with zero attached hydrogens (tertiary/aromatic N) is 1. The first-order valence-corrected chi connectivity index (χ1v) is 11.0. The second-order valence-corrected chi connectivity index (χ2v) is 8.56. The number of hydrogen-bond acceptors (Lipinski definition) is 5. The van der Waals surface area contributed by atoms with Crippen molar-refractivity contribution in [3.05, 3.63) is 70.8 Å². The van der Waals surface area contributed by atoms with E-state index in [2.05, 4.69) is 34.2 Å². The van der Waals surface area contributed by atoms with E-state index < -0.39 is 29.8 Å². The molecule has 1 fully saturated rings. The van der Waals surface area contributed by atoms with E-state index in [1.807, 2.05) is 12.1 Å². The molecular weight excluding hydrogens is 442 g/mol. The Kier molecular flexibility index (Phi) is 8.34. The summed E-state index contributed by atoms with van der Waals surface area (Å²) in [6.45, 7) is 4.14. The van der Waals surface area contributed by atoms with Gasteiger partial charge in [-0.15, -0.1) is 0 Å². The fourth-order valence-corrected chi connectivity index (χ4v) is 3.65. The molecule has 0 bridgehead atoms. The minimum Gasteiger partial charge on any atom is -0.338 e.